The minimum absolute atomic E-state index is 0.0463. The molecule has 0 aromatic heterocycles. The Morgan fingerprint density at radius 3 is 1.61 bits per heavy atom. The first kappa shape index (κ1) is 67.9. The van der Waals surface area contributed by atoms with Crippen molar-refractivity contribution in [3.8, 4) is 0 Å². The van der Waals surface area contributed by atoms with Crippen LogP contribution < -0.4 is 82.7 Å². The summed E-state index contributed by atoms with van der Waals surface area (Å²) in [5.41, 5.74) is 38.8. The van der Waals surface area contributed by atoms with Gasteiger partial charge in [-0.25, -0.2) is 0 Å². The van der Waals surface area contributed by atoms with Gasteiger partial charge in [0.15, 0.2) is 11.9 Å². The van der Waals surface area contributed by atoms with Gasteiger partial charge in [-0.15, -0.1) is 0 Å². The number of nitrogens with one attached hydrogen (secondary N) is 8. The van der Waals surface area contributed by atoms with Crippen LogP contribution >= 0.6 is 21.6 Å². The number of primary amides is 2. The van der Waals surface area contributed by atoms with Crippen molar-refractivity contribution in [2.24, 2.45) is 73.8 Å². The van der Waals surface area contributed by atoms with E-state index >= 15 is 0 Å². The van der Waals surface area contributed by atoms with Gasteiger partial charge in [0, 0.05) is 31.0 Å². The number of aliphatic imine (C=N–C) groups is 2. The van der Waals surface area contributed by atoms with Crippen LogP contribution in [0.3, 0.4) is 0 Å². The highest BCUT2D eigenvalue weighted by Crippen LogP contribution is 2.24. The molecule has 29 heteroatoms. The van der Waals surface area contributed by atoms with E-state index < -0.39 is 119 Å². The average molecular weight is 1110 g/mol. The van der Waals surface area contributed by atoms with Crippen molar-refractivity contribution in [3.63, 3.8) is 0 Å². The molecule has 27 nitrogen and oxygen atoms in total. The minimum atomic E-state index is -1.37. The molecule has 1 saturated heterocycles. The molecular weight excluding hydrogens is 1030 g/mol. The summed E-state index contributed by atoms with van der Waals surface area (Å²) in [6, 6.07) is -11.1. The molecule has 0 radical (unpaired) electrons. The van der Waals surface area contributed by atoms with Gasteiger partial charge in [0.2, 0.25) is 59.1 Å². The normalized spacial score (nSPS) is 19.9. The second kappa shape index (κ2) is 35.3. The third kappa shape index (κ3) is 27.1. The number of rotatable bonds is 30. The van der Waals surface area contributed by atoms with Gasteiger partial charge in [-0.2, -0.15) is 0 Å². The largest absolute Gasteiger partial charge is 0.370 e. The highest BCUT2D eigenvalue weighted by atomic mass is 33.1. The van der Waals surface area contributed by atoms with E-state index in [1.165, 1.54) is 0 Å². The second-order valence-electron chi connectivity index (χ2n) is 20.2. The van der Waals surface area contributed by atoms with Gasteiger partial charge in [0.25, 0.3) is 0 Å². The van der Waals surface area contributed by atoms with Crippen molar-refractivity contribution in [1.82, 2.24) is 42.5 Å². The summed E-state index contributed by atoms with van der Waals surface area (Å²) in [5.74, 6) is -8.97. The van der Waals surface area contributed by atoms with Crippen molar-refractivity contribution in [2.75, 3.05) is 24.6 Å². The van der Waals surface area contributed by atoms with Crippen LogP contribution in [0.2, 0.25) is 0 Å². The Labute approximate surface area is 453 Å². The zero-order valence-electron chi connectivity index (χ0n) is 45.2. The average Bonchev–Trinajstić information content (AvgIpc) is 3.32. The highest BCUT2D eigenvalue weighted by Gasteiger charge is 2.37. The fourth-order valence-electron chi connectivity index (χ4n) is 7.56. The Balaban J connectivity index is 3.70. The lowest BCUT2D eigenvalue weighted by Gasteiger charge is -2.30. The van der Waals surface area contributed by atoms with Gasteiger partial charge in [-0.3, -0.25) is 57.9 Å². The molecule has 0 saturated carbocycles. The summed E-state index contributed by atoms with van der Waals surface area (Å²) in [4.78, 5) is 144. The summed E-state index contributed by atoms with van der Waals surface area (Å²) in [6.07, 6.45) is 0.975. The molecule has 0 unspecified atom stereocenters. The highest BCUT2D eigenvalue weighted by molar-refractivity contribution is 8.76. The van der Waals surface area contributed by atoms with Crippen LogP contribution in [-0.2, 0) is 47.9 Å². The maximum Gasteiger partial charge on any atom is 0.244 e. The molecule has 432 valence electrons. The maximum atomic E-state index is 14.5. The van der Waals surface area contributed by atoms with Gasteiger partial charge >= 0.3 is 0 Å². The summed E-state index contributed by atoms with van der Waals surface area (Å²) >= 11 is 0. The predicted molar refractivity (Wildman–Crippen MR) is 294 cm³/mol. The Morgan fingerprint density at radius 1 is 0.605 bits per heavy atom. The summed E-state index contributed by atoms with van der Waals surface area (Å²) in [5, 5.41) is 21.6. The molecule has 1 fully saturated rings. The van der Waals surface area contributed by atoms with E-state index in [1.807, 2.05) is 20.8 Å². The van der Waals surface area contributed by atoms with Crippen LogP contribution in [0.1, 0.15) is 120 Å². The molecule has 76 heavy (non-hydrogen) atoms. The first-order chi connectivity index (χ1) is 35.6. The van der Waals surface area contributed by atoms with Crippen LogP contribution in [0, 0.1) is 23.7 Å². The van der Waals surface area contributed by atoms with Gasteiger partial charge in [0.1, 0.15) is 48.3 Å². The van der Waals surface area contributed by atoms with E-state index in [9.17, 15) is 47.9 Å². The van der Waals surface area contributed by atoms with Crippen LogP contribution in [0.4, 0.5) is 0 Å². The van der Waals surface area contributed by atoms with E-state index in [4.69, 9.17) is 40.1 Å². The molecule has 1 heterocycles. The second-order valence-corrected chi connectivity index (χ2v) is 22.7. The molecule has 0 aliphatic carbocycles. The zero-order chi connectivity index (χ0) is 57.8. The summed E-state index contributed by atoms with van der Waals surface area (Å²) < 4.78 is 0. The first-order valence-electron chi connectivity index (χ1n) is 25.7. The third-order valence-corrected chi connectivity index (χ3v) is 14.3. The number of carbonyl (C=O) groups excluding carboxylic acids is 10. The number of guanidine groups is 2. The molecule has 0 bridgehead atoms. The van der Waals surface area contributed by atoms with E-state index in [0.717, 1.165) is 21.6 Å². The smallest absolute Gasteiger partial charge is 0.244 e. The molecule has 1 aliphatic heterocycles. The van der Waals surface area contributed by atoms with E-state index in [0.29, 0.717) is 12.8 Å². The van der Waals surface area contributed by atoms with Crippen molar-refractivity contribution in [2.45, 2.75) is 174 Å². The van der Waals surface area contributed by atoms with Gasteiger partial charge in [-0.1, -0.05) is 83.4 Å². The Bertz CT molecular complexity index is 2020. The lowest BCUT2D eigenvalue weighted by Crippen LogP contribution is -2.62. The topological polar surface area (TPSA) is 474 Å². The maximum absolute atomic E-state index is 14.5. The van der Waals surface area contributed by atoms with Crippen molar-refractivity contribution < 1.29 is 47.9 Å². The Morgan fingerprint density at radius 2 is 1.12 bits per heavy atom. The van der Waals surface area contributed by atoms with Crippen molar-refractivity contribution in [1.29, 1.82) is 0 Å². The zero-order valence-corrected chi connectivity index (χ0v) is 46.9. The van der Waals surface area contributed by atoms with Crippen molar-refractivity contribution >= 4 is 92.6 Å². The number of amides is 10. The predicted octanol–water partition coefficient (Wildman–Crippen LogP) is -3.37. The monoisotopic (exact) mass is 1110 g/mol. The quantitative estimate of drug-likeness (QED) is 0.0144. The first-order valence-corrected chi connectivity index (χ1v) is 28.2. The molecule has 22 N–H and O–H groups in total. The van der Waals surface area contributed by atoms with E-state index in [2.05, 4.69) is 52.5 Å². The molecular formula is C47H87N17O10S2. The third-order valence-electron chi connectivity index (χ3n) is 11.9. The van der Waals surface area contributed by atoms with Gasteiger partial charge in [0.05, 0.1) is 6.04 Å². The molecule has 10 amide bonds. The summed E-state index contributed by atoms with van der Waals surface area (Å²) in [7, 11) is 2.17. The SMILES string of the molecule is CC[C@H](C)[C@@H]1NC(=O)[C@H](NC(=O)[C@@H](N)CCCN=C(N)N)CSSC[C@H](C(=O)N[C@@H](CCCN=C(N)N)C(=O)N[C@@H](CC(C)C)C(=O)N[C@@H](CC(C)C)C(=O)N[C@@H](CCC(N)=O)C(N)=O)NC(=O)[C@H](CC(C)C)NC1=O. The number of nitrogens with zero attached hydrogens (tertiary/aromatic N) is 2. The molecule has 0 spiro atoms. The minimum Gasteiger partial charge on any atom is -0.370 e. The van der Waals surface area contributed by atoms with Crippen LogP contribution in [0.25, 0.3) is 0 Å². The van der Waals surface area contributed by atoms with Crippen LogP contribution in [0.5, 0.6) is 0 Å². The Hall–Kier alpha value is -6.10. The summed E-state index contributed by atoms with van der Waals surface area (Å²) in [6.45, 7) is 14.7. The number of hydrogen-bond donors (Lipinski definition) is 15. The van der Waals surface area contributed by atoms with Crippen molar-refractivity contribution in [3.05, 3.63) is 0 Å². The number of nitrogens with two attached hydrogens (primary N) is 7. The molecule has 1 rings (SSSR count). The fraction of sp³-hybridized carbons (Fsp3) is 0.745. The standard InChI is InChI=1S/C47H87N17O10S2/c1-9-26(8)36-45(74)61-32(20-25(6)7)42(71)63-33(21-75-76-22-34(44(73)64-36)62-38(67)27(48)12-10-16-55-46(51)52)43(72)58-29(13-11-17-56-47(53)54)39(68)59-31(19-24(4)5)41(70)60-30(18-23(2)3)40(69)57-28(37(50)66)14-15-35(49)65/h23-34,36H,9-22,48H2,1-8H3,(H2,49,65)(H2,50,66)(H,57,69)(H,58,72)(H,59,68)(H,60,70)(H,61,74)(H,62,67)(H,63,71)(H,64,73)(H4,51,52,55)(H4,53,54,56)/t26-,27-,28-,29-,30-,31-,32-,33+,34+,36-/m0/s1. The fourth-order valence-corrected chi connectivity index (χ4v) is 9.89. The van der Waals surface area contributed by atoms with Gasteiger partial charge in [-0.05, 0) is 75.0 Å². The molecule has 0 aromatic carbocycles. The van der Waals surface area contributed by atoms with Gasteiger partial charge < -0.3 is 82.7 Å². The lowest BCUT2D eigenvalue weighted by atomic mass is 9.96. The van der Waals surface area contributed by atoms with E-state index in [-0.39, 0.29) is 106 Å². The molecule has 1 aliphatic rings. The molecule has 10 atom stereocenters. The lowest BCUT2D eigenvalue weighted by molar-refractivity contribution is -0.136. The van der Waals surface area contributed by atoms with Crippen LogP contribution in [0.15, 0.2) is 9.98 Å². The van der Waals surface area contributed by atoms with Crippen LogP contribution in [-0.4, -0.2) is 150 Å². The Kier molecular flexibility index (Phi) is 31.5. The van der Waals surface area contributed by atoms with E-state index in [1.54, 1.807) is 34.6 Å². The number of carbonyl (C=O) groups is 10. The molecule has 0 aromatic rings. The number of hydrogen-bond acceptors (Lipinski definition) is 15.